The summed E-state index contributed by atoms with van der Waals surface area (Å²) < 4.78 is 0. The van der Waals surface area contributed by atoms with Crippen molar-refractivity contribution in [1.82, 2.24) is 4.98 Å². The molecule has 0 bridgehead atoms. The Hall–Kier alpha value is -1.41. The van der Waals surface area contributed by atoms with E-state index in [2.05, 4.69) is 11.6 Å². The lowest BCUT2D eigenvalue weighted by Crippen LogP contribution is -2.28. The van der Waals surface area contributed by atoms with Crippen LogP contribution >= 0.6 is 11.6 Å². The summed E-state index contributed by atoms with van der Waals surface area (Å²) in [7, 11) is 0. The number of hydrogen-bond donors (Lipinski definition) is 0. The molecule has 14 heavy (non-hydrogen) atoms. The Labute approximate surface area is 87.2 Å². The SMILES string of the molecule is C=C/C=c1/nc(Cl)c(C=O)c/c1=C/C. The predicted molar refractivity (Wildman–Crippen MR) is 58.7 cm³/mol. The van der Waals surface area contributed by atoms with Gasteiger partial charge >= 0.3 is 0 Å². The van der Waals surface area contributed by atoms with Crippen LogP contribution in [-0.2, 0) is 0 Å². The number of allylic oxidation sites excluding steroid dienone is 1. The highest BCUT2D eigenvalue weighted by molar-refractivity contribution is 6.31. The highest BCUT2D eigenvalue weighted by Gasteiger charge is 1.99. The molecule has 0 aliphatic carbocycles. The Bertz CT molecular complexity index is 477. The van der Waals surface area contributed by atoms with Gasteiger partial charge in [-0.2, -0.15) is 0 Å². The topological polar surface area (TPSA) is 30.0 Å². The second-order valence-electron chi connectivity index (χ2n) is 2.65. The Balaban J connectivity index is 3.64. The Morgan fingerprint density at radius 2 is 2.29 bits per heavy atom. The Morgan fingerprint density at radius 1 is 1.57 bits per heavy atom. The molecule has 0 saturated heterocycles. The molecular formula is C11H10ClNO. The fraction of sp³-hybridized carbons (Fsp3) is 0.0909. The fourth-order valence-corrected chi connectivity index (χ4v) is 1.29. The molecule has 0 unspecified atom stereocenters. The molecule has 1 aromatic heterocycles. The number of pyridine rings is 1. The number of rotatable bonds is 2. The smallest absolute Gasteiger partial charge is 0.153 e. The molecule has 0 aliphatic heterocycles. The summed E-state index contributed by atoms with van der Waals surface area (Å²) in [6, 6.07) is 1.71. The molecule has 1 rings (SSSR count). The first-order valence-corrected chi connectivity index (χ1v) is 4.51. The predicted octanol–water partition coefficient (Wildman–Crippen LogP) is 1.31. The summed E-state index contributed by atoms with van der Waals surface area (Å²) in [6.07, 6.45) is 5.94. The van der Waals surface area contributed by atoms with Gasteiger partial charge in [0.25, 0.3) is 0 Å². The van der Waals surface area contributed by atoms with Crippen LogP contribution in [0.25, 0.3) is 12.2 Å². The zero-order valence-electron chi connectivity index (χ0n) is 7.83. The molecule has 0 saturated carbocycles. The molecule has 0 radical (unpaired) electrons. The van der Waals surface area contributed by atoms with E-state index in [1.807, 2.05) is 13.0 Å². The minimum Gasteiger partial charge on any atom is -0.298 e. The Kier molecular flexibility index (Phi) is 3.60. The van der Waals surface area contributed by atoms with Gasteiger partial charge in [0.05, 0.1) is 10.9 Å². The molecule has 0 amide bonds. The summed E-state index contributed by atoms with van der Waals surface area (Å²) in [5.74, 6) is 0. The molecule has 2 nitrogen and oxygen atoms in total. The second kappa shape index (κ2) is 4.72. The number of aromatic nitrogens is 1. The second-order valence-corrected chi connectivity index (χ2v) is 3.01. The van der Waals surface area contributed by atoms with Gasteiger partial charge in [0, 0.05) is 0 Å². The number of hydrogen-bond acceptors (Lipinski definition) is 2. The number of aldehydes is 1. The summed E-state index contributed by atoms with van der Waals surface area (Å²) >= 11 is 5.78. The molecule has 72 valence electrons. The van der Waals surface area contributed by atoms with E-state index in [1.54, 1.807) is 18.2 Å². The lowest BCUT2D eigenvalue weighted by molar-refractivity contribution is 0.112. The number of carbonyl (C=O) groups excluding carboxylic acids is 1. The van der Waals surface area contributed by atoms with Crippen molar-refractivity contribution in [1.29, 1.82) is 0 Å². The van der Waals surface area contributed by atoms with Gasteiger partial charge in [-0.1, -0.05) is 30.3 Å². The van der Waals surface area contributed by atoms with Crippen molar-refractivity contribution in [2.75, 3.05) is 0 Å². The summed E-state index contributed by atoms with van der Waals surface area (Å²) in [6.45, 7) is 5.46. The molecule has 0 spiro atoms. The highest BCUT2D eigenvalue weighted by atomic mass is 35.5. The maximum atomic E-state index is 10.6. The van der Waals surface area contributed by atoms with Crippen LogP contribution in [0.5, 0.6) is 0 Å². The largest absolute Gasteiger partial charge is 0.298 e. The lowest BCUT2D eigenvalue weighted by atomic mass is 10.2. The average Bonchev–Trinajstić information content (AvgIpc) is 2.19. The maximum Gasteiger partial charge on any atom is 0.153 e. The van der Waals surface area contributed by atoms with Crippen molar-refractivity contribution < 1.29 is 4.79 Å². The third-order valence-electron chi connectivity index (χ3n) is 1.78. The van der Waals surface area contributed by atoms with Crippen LogP contribution in [0.2, 0.25) is 5.15 Å². The average molecular weight is 208 g/mol. The molecule has 0 aliphatic rings. The van der Waals surface area contributed by atoms with Crippen LogP contribution < -0.4 is 10.6 Å². The zero-order chi connectivity index (χ0) is 10.6. The van der Waals surface area contributed by atoms with E-state index in [1.165, 1.54) is 0 Å². The molecule has 1 heterocycles. The van der Waals surface area contributed by atoms with Gasteiger partial charge < -0.3 is 0 Å². The van der Waals surface area contributed by atoms with Crippen molar-refractivity contribution in [3.05, 3.63) is 40.0 Å². The number of halogens is 1. The summed E-state index contributed by atoms with van der Waals surface area (Å²) in [4.78, 5) is 14.7. The van der Waals surface area contributed by atoms with E-state index in [9.17, 15) is 4.79 Å². The quantitative estimate of drug-likeness (QED) is 0.541. The molecule has 0 aromatic carbocycles. The van der Waals surface area contributed by atoms with E-state index in [-0.39, 0.29) is 5.15 Å². The van der Waals surface area contributed by atoms with Gasteiger partial charge in [-0.25, -0.2) is 4.98 Å². The Morgan fingerprint density at radius 3 is 2.79 bits per heavy atom. The van der Waals surface area contributed by atoms with Crippen LogP contribution in [0.3, 0.4) is 0 Å². The van der Waals surface area contributed by atoms with Gasteiger partial charge in [-0.3, -0.25) is 4.79 Å². The minimum atomic E-state index is 0.221. The van der Waals surface area contributed by atoms with Gasteiger partial charge in [-0.15, -0.1) is 0 Å². The van der Waals surface area contributed by atoms with Crippen LogP contribution in [0.1, 0.15) is 17.3 Å². The third-order valence-corrected chi connectivity index (χ3v) is 2.08. The third kappa shape index (κ3) is 2.09. The van der Waals surface area contributed by atoms with Crippen LogP contribution in [0.4, 0.5) is 0 Å². The maximum absolute atomic E-state index is 10.6. The molecule has 0 N–H and O–H groups in total. The van der Waals surface area contributed by atoms with Crippen molar-refractivity contribution in [3.63, 3.8) is 0 Å². The van der Waals surface area contributed by atoms with Gasteiger partial charge in [-0.05, 0) is 24.3 Å². The molecule has 3 heteroatoms. The standard InChI is InChI=1S/C11H10ClNO/c1-3-5-10-8(4-2)6-9(7-14)11(12)13-10/h3-7H,1H2,2H3/b8-4-,10-5+. The van der Waals surface area contributed by atoms with Gasteiger partial charge in [0.15, 0.2) is 6.29 Å². The first kappa shape index (κ1) is 10.7. The van der Waals surface area contributed by atoms with E-state index < -0.39 is 0 Å². The van der Waals surface area contributed by atoms with Crippen LogP contribution in [-0.4, -0.2) is 11.3 Å². The lowest BCUT2D eigenvalue weighted by Gasteiger charge is -1.95. The fourth-order valence-electron chi connectivity index (χ4n) is 1.09. The summed E-state index contributed by atoms with van der Waals surface area (Å²) in [5, 5.41) is 1.81. The monoisotopic (exact) mass is 207 g/mol. The number of carbonyl (C=O) groups is 1. The molecular weight excluding hydrogens is 198 g/mol. The zero-order valence-corrected chi connectivity index (χ0v) is 8.58. The minimum absolute atomic E-state index is 0.221. The van der Waals surface area contributed by atoms with Gasteiger partial charge in [0.2, 0.25) is 0 Å². The van der Waals surface area contributed by atoms with Crippen LogP contribution in [0, 0.1) is 0 Å². The van der Waals surface area contributed by atoms with Crippen molar-refractivity contribution >= 4 is 30.0 Å². The van der Waals surface area contributed by atoms with Crippen molar-refractivity contribution in [3.8, 4) is 0 Å². The summed E-state index contributed by atoms with van der Waals surface area (Å²) in [5.41, 5.74) is 0.404. The van der Waals surface area contributed by atoms with Crippen LogP contribution in [0.15, 0.2) is 18.7 Å². The van der Waals surface area contributed by atoms with Crippen molar-refractivity contribution in [2.45, 2.75) is 6.92 Å². The van der Waals surface area contributed by atoms with E-state index in [0.717, 1.165) is 10.6 Å². The van der Waals surface area contributed by atoms with E-state index in [4.69, 9.17) is 11.6 Å². The molecule has 1 aromatic rings. The molecule has 0 atom stereocenters. The van der Waals surface area contributed by atoms with E-state index in [0.29, 0.717) is 11.8 Å². The normalized spacial score (nSPS) is 13.0. The molecule has 0 fully saturated rings. The van der Waals surface area contributed by atoms with E-state index >= 15 is 0 Å². The van der Waals surface area contributed by atoms with Gasteiger partial charge in [0.1, 0.15) is 5.15 Å². The first-order valence-electron chi connectivity index (χ1n) is 4.13. The van der Waals surface area contributed by atoms with Crippen molar-refractivity contribution in [2.24, 2.45) is 0 Å². The first-order chi connectivity index (χ1) is 6.72. The highest BCUT2D eigenvalue weighted by Crippen LogP contribution is 2.04. The number of nitrogens with zero attached hydrogens (tertiary/aromatic N) is 1.